The van der Waals surface area contributed by atoms with E-state index in [1.807, 2.05) is 84.9 Å². The minimum Gasteiger partial charge on any atom is -0.278 e. The molecule has 10 rings (SSSR count). The first-order valence-electron chi connectivity index (χ1n) is 24.5. The van der Waals surface area contributed by atoms with Crippen molar-refractivity contribution in [2.75, 3.05) is 0 Å². The molecule has 7 aromatic carbocycles. The van der Waals surface area contributed by atoms with E-state index in [4.69, 9.17) is 31.4 Å². The molecule has 246 valence electrons. The Morgan fingerprint density at radius 2 is 1.04 bits per heavy atom. The third-order valence-corrected chi connectivity index (χ3v) is 9.42. The molecule has 0 saturated heterocycles. The van der Waals surface area contributed by atoms with Crippen LogP contribution in [0.25, 0.3) is 83.9 Å². The molecule has 1 aliphatic rings. The second-order valence-electron chi connectivity index (χ2n) is 12.5. The SMILES string of the molecule is [2H]c1c([2H])c([2H])c2c(c1[2H])-c1c([2H])c([2H])c3c(c1C2(C([2H])([2H])[2H])C([2H])([2H])[2H])c1c([2H])c([2H])c([2H])c([2H])c1n3-c1nc(-c2ccc(-c3ccccc3)cc2)nc(-c2ccc(-c3ccccc3)cc2)n1. The van der Waals surface area contributed by atoms with Crippen LogP contribution < -0.4 is 0 Å². The molecule has 9 aromatic rings. The molecule has 2 aromatic heterocycles. The molecule has 4 heteroatoms. The second kappa shape index (κ2) is 11.7. The fraction of sp³-hybridized carbons (Fsp3) is 0.0625. The molecule has 0 unspecified atom stereocenters. The first-order chi connectivity index (χ1) is 32.2. The highest BCUT2D eigenvalue weighted by molar-refractivity contribution is 6.14. The minimum absolute atomic E-state index is 0.0711. The van der Waals surface area contributed by atoms with Gasteiger partial charge in [-0.05, 0) is 56.6 Å². The van der Waals surface area contributed by atoms with E-state index in [-0.39, 0.29) is 17.6 Å². The quantitative estimate of drug-likeness (QED) is 0.181. The predicted octanol–water partition coefficient (Wildman–Crippen LogP) is 11.9. The van der Waals surface area contributed by atoms with Gasteiger partial charge in [0.15, 0.2) is 11.6 Å². The first kappa shape index (κ1) is 18.0. The Balaban J connectivity index is 1.37. The van der Waals surface area contributed by atoms with Gasteiger partial charge in [0.2, 0.25) is 5.95 Å². The number of nitrogens with zero attached hydrogens (tertiary/aromatic N) is 4. The molecule has 0 atom stereocenters. The van der Waals surface area contributed by atoms with Crippen molar-refractivity contribution in [1.29, 1.82) is 0 Å². The molecule has 0 aliphatic heterocycles. The smallest absolute Gasteiger partial charge is 0.238 e. The lowest BCUT2D eigenvalue weighted by Gasteiger charge is -2.22. The van der Waals surface area contributed by atoms with Gasteiger partial charge in [-0.1, -0.05) is 171 Å². The number of para-hydroxylation sites is 1. The van der Waals surface area contributed by atoms with Crippen molar-refractivity contribution in [3.05, 3.63) is 181 Å². The van der Waals surface area contributed by atoms with Gasteiger partial charge in [-0.2, -0.15) is 9.97 Å². The van der Waals surface area contributed by atoms with Crippen LogP contribution in [0.2, 0.25) is 0 Å². The van der Waals surface area contributed by atoms with E-state index in [1.54, 1.807) is 24.3 Å². The number of rotatable bonds is 5. The van der Waals surface area contributed by atoms with Crippen molar-refractivity contribution in [3.8, 4) is 62.1 Å². The van der Waals surface area contributed by atoms with Gasteiger partial charge in [-0.15, -0.1) is 0 Å². The largest absolute Gasteiger partial charge is 0.278 e. The van der Waals surface area contributed by atoms with Crippen molar-refractivity contribution < 1.29 is 21.9 Å². The minimum atomic E-state index is -3.68. The number of hydrogen-bond acceptors (Lipinski definition) is 3. The van der Waals surface area contributed by atoms with Gasteiger partial charge in [0.1, 0.15) is 0 Å². The Kier molecular flexibility index (Phi) is 4.06. The van der Waals surface area contributed by atoms with Crippen LogP contribution in [0.5, 0.6) is 0 Å². The van der Waals surface area contributed by atoms with Crippen molar-refractivity contribution in [3.63, 3.8) is 0 Å². The molecule has 0 fully saturated rings. The summed E-state index contributed by atoms with van der Waals surface area (Å²) in [7, 11) is 0. The number of hydrogen-bond donors (Lipinski definition) is 0. The normalized spacial score (nSPS) is 17.8. The lowest BCUT2D eigenvalue weighted by atomic mass is 9.80. The second-order valence-corrected chi connectivity index (χ2v) is 12.5. The van der Waals surface area contributed by atoms with E-state index in [2.05, 4.69) is 0 Å². The van der Waals surface area contributed by atoms with Crippen LogP contribution >= 0.6 is 0 Å². The lowest BCUT2D eigenvalue weighted by Crippen LogP contribution is -2.15. The van der Waals surface area contributed by atoms with Gasteiger partial charge in [0.25, 0.3) is 0 Å². The Labute approximate surface area is 325 Å². The van der Waals surface area contributed by atoms with Gasteiger partial charge < -0.3 is 0 Å². The van der Waals surface area contributed by atoms with Crippen LogP contribution in [0.15, 0.2) is 170 Å². The van der Waals surface area contributed by atoms with Crippen LogP contribution in [0.3, 0.4) is 0 Å². The third kappa shape index (κ3) is 4.72. The lowest BCUT2D eigenvalue weighted by molar-refractivity contribution is 0.666. The number of aromatic nitrogens is 4. The zero-order chi connectivity index (χ0) is 48.5. The van der Waals surface area contributed by atoms with Crippen LogP contribution in [0.1, 0.15) is 46.8 Å². The van der Waals surface area contributed by atoms with Crippen molar-refractivity contribution >= 4 is 21.8 Å². The summed E-state index contributed by atoms with van der Waals surface area (Å²) in [6.45, 7) is -7.35. The van der Waals surface area contributed by atoms with E-state index < -0.39 is 124 Å². The number of benzene rings is 7. The molecule has 0 N–H and O–H groups in total. The zero-order valence-electron chi connectivity index (χ0n) is 43.2. The predicted molar refractivity (Wildman–Crippen MR) is 213 cm³/mol. The molecule has 1 aliphatic carbocycles. The zero-order valence-corrected chi connectivity index (χ0v) is 27.2. The van der Waals surface area contributed by atoms with Gasteiger partial charge >= 0.3 is 0 Å². The van der Waals surface area contributed by atoms with Gasteiger partial charge in [0, 0.05) is 35.5 Å². The molecule has 2 heterocycles. The highest BCUT2D eigenvalue weighted by atomic mass is 15.2. The molecule has 52 heavy (non-hydrogen) atoms. The average molecular weight is 683 g/mol. The van der Waals surface area contributed by atoms with Crippen LogP contribution in [-0.2, 0) is 5.41 Å². The van der Waals surface area contributed by atoms with E-state index >= 15 is 0 Å². The van der Waals surface area contributed by atoms with Gasteiger partial charge in [-0.25, -0.2) is 4.98 Å². The summed E-state index contributed by atoms with van der Waals surface area (Å²) < 4.78 is 146. The van der Waals surface area contributed by atoms with Crippen LogP contribution in [-0.4, -0.2) is 19.5 Å². The fourth-order valence-electron chi connectivity index (χ4n) is 6.94. The molecule has 0 bridgehead atoms. The molecular weight excluding hydrogens is 633 g/mol. The molecule has 0 amide bonds. The molecule has 0 radical (unpaired) electrons. The Morgan fingerprint density at radius 1 is 0.500 bits per heavy atom. The maximum atomic E-state index is 9.71. The van der Waals surface area contributed by atoms with Gasteiger partial charge in [-0.3, -0.25) is 4.57 Å². The maximum Gasteiger partial charge on any atom is 0.238 e. The summed E-state index contributed by atoms with van der Waals surface area (Å²) in [5.41, 5.74) is -2.36. The monoisotopic (exact) mass is 682 g/mol. The van der Waals surface area contributed by atoms with E-state index in [1.165, 1.54) is 0 Å². The molecule has 4 nitrogen and oxygen atoms in total. The maximum absolute atomic E-state index is 9.71. The molecule has 0 saturated carbocycles. The van der Waals surface area contributed by atoms with Crippen LogP contribution in [0, 0.1) is 0 Å². The molecular formula is C48H34N4. The Hall–Kier alpha value is -6.65. The summed E-state index contributed by atoms with van der Waals surface area (Å²) >= 11 is 0. The summed E-state index contributed by atoms with van der Waals surface area (Å²) in [6, 6.07) is 25.6. The third-order valence-electron chi connectivity index (χ3n) is 9.42. The van der Waals surface area contributed by atoms with Crippen molar-refractivity contribution in [1.82, 2.24) is 19.5 Å². The van der Waals surface area contributed by atoms with E-state index in [9.17, 15) is 5.48 Å². The standard InChI is InChI=1S/C48H34N4/c1-48(2)40-19-11-9-17-37(40)38-29-30-42-43(44(38)48)39-18-10-12-20-41(39)52(42)47-50-45(35-25-21-33(22-26-35)31-13-5-3-6-14-31)49-46(51-47)36-27-23-34(24-28-36)32-15-7-4-8-16-32/h3-30H,1-2H3/i1D3,2D3,9D,10D,11D,12D,17D,18D,19D,20D,29D,30D. The molecule has 0 spiro atoms. The topological polar surface area (TPSA) is 43.6 Å². The van der Waals surface area contributed by atoms with Crippen molar-refractivity contribution in [2.24, 2.45) is 0 Å². The fourth-order valence-corrected chi connectivity index (χ4v) is 6.94. The van der Waals surface area contributed by atoms with Gasteiger partial charge in [0.05, 0.1) is 24.7 Å². The highest BCUT2D eigenvalue weighted by Gasteiger charge is 2.38. The summed E-state index contributed by atoms with van der Waals surface area (Å²) in [5, 5.41) is -0.939. The summed E-state index contributed by atoms with van der Waals surface area (Å²) in [5.74, 6) is -0.196. The highest BCUT2D eigenvalue weighted by Crippen LogP contribution is 2.53. The van der Waals surface area contributed by atoms with Crippen LogP contribution in [0.4, 0.5) is 0 Å². The van der Waals surface area contributed by atoms with E-state index in [0.717, 1.165) is 26.8 Å². The Bertz CT molecular complexity index is 3460. The van der Waals surface area contributed by atoms with Crippen molar-refractivity contribution in [2.45, 2.75) is 19.1 Å². The average Bonchev–Trinajstić information content (AvgIpc) is 3.87. The number of fused-ring (bicyclic) bond motifs is 7. The first-order valence-corrected chi connectivity index (χ1v) is 16.5. The van der Waals surface area contributed by atoms with E-state index in [0.29, 0.717) is 11.1 Å². The summed E-state index contributed by atoms with van der Waals surface area (Å²) in [4.78, 5) is 14.6. The summed E-state index contributed by atoms with van der Waals surface area (Å²) in [6.07, 6.45) is 0. The Morgan fingerprint density at radius 3 is 1.65 bits per heavy atom.